The van der Waals surface area contributed by atoms with Crippen molar-refractivity contribution in [2.75, 3.05) is 39.1 Å². The molecule has 11 nitrogen and oxygen atoms in total. The molecule has 0 aliphatic heterocycles. The van der Waals surface area contributed by atoms with Gasteiger partial charge in [-0.3, -0.25) is 14.4 Å². The molecule has 4 rings (SSSR count). The van der Waals surface area contributed by atoms with E-state index < -0.39 is 17.9 Å². The highest BCUT2D eigenvalue weighted by atomic mass is 16.5. The third-order valence-corrected chi connectivity index (χ3v) is 6.05. The molecule has 0 bridgehead atoms. The molecule has 208 valence electrons. The zero-order valence-corrected chi connectivity index (χ0v) is 22.6. The Bertz CT molecular complexity index is 1640. The fourth-order valence-corrected chi connectivity index (χ4v) is 4.10. The molecule has 0 aliphatic carbocycles. The van der Waals surface area contributed by atoms with Crippen LogP contribution in [0.5, 0.6) is 23.0 Å². The maximum atomic E-state index is 13.2. The Labute approximate surface area is 229 Å². The van der Waals surface area contributed by atoms with Gasteiger partial charge in [-0.1, -0.05) is 12.1 Å². The SMILES string of the molecule is COc1ccc(NC(=O)[C@H](C)N)cc1C(=O)Nc1cccc(-c2cc(=O)c3c(OC)c(OC)c(OC)cc3o2)c1. The van der Waals surface area contributed by atoms with E-state index in [4.69, 9.17) is 29.1 Å². The fourth-order valence-electron chi connectivity index (χ4n) is 4.10. The topological polar surface area (TPSA) is 151 Å². The van der Waals surface area contributed by atoms with Gasteiger partial charge in [0.05, 0.1) is 40.0 Å². The summed E-state index contributed by atoms with van der Waals surface area (Å²) in [6, 6.07) is 13.6. The maximum absolute atomic E-state index is 13.2. The summed E-state index contributed by atoms with van der Waals surface area (Å²) in [4.78, 5) is 38.3. The Morgan fingerprint density at radius 2 is 1.52 bits per heavy atom. The second-order valence-corrected chi connectivity index (χ2v) is 8.72. The van der Waals surface area contributed by atoms with E-state index in [-0.39, 0.29) is 39.2 Å². The summed E-state index contributed by atoms with van der Waals surface area (Å²) in [6.07, 6.45) is 0. The molecule has 0 saturated heterocycles. The largest absolute Gasteiger partial charge is 0.496 e. The van der Waals surface area contributed by atoms with Crippen molar-refractivity contribution in [1.82, 2.24) is 0 Å². The summed E-state index contributed by atoms with van der Waals surface area (Å²) in [6.45, 7) is 1.56. The molecule has 4 aromatic rings. The standard InChI is InChI=1S/C29H29N3O8/c1-15(30)28(34)31-18-9-10-21(36-2)19(12-18)29(35)32-17-8-6-7-16(11-17)22-13-20(33)25-23(40-22)14-24(37-3)26(38-4)27(25)39-5/h6-15H,30H2,1-5H3,(H,31,34)(H,32,35)/t15-/m0/s1. The molecular weight excluding hydrogens is 518 g/mol. The summed E-state index contributed by atoms with van der Waals surface area (Å²) < 4.78 is 27.6. The molecule has 0 saturated carbocycles. The van der Waals surface area contributed by atoms with Gasteiger partial charge < -0.3 is 39.7 Å². The van der Waals surface area contributed by atoms with E-state index in [9.17, 15) is 14.4 Å². The first kappa shape index (κ1) is 28.0. The highest BCUT2D eigenvalue weighted by Crippen LogP contribution is 2.42. The lowest BCUT2D eigenvalue weighted by molar-refractivity contribution is -0.117. The van der Waals surface area contributed by atoms with Crippen LogP contribution < -0.4 is 40.7 Å². The number of benzene rings is 3. The molecule has 1 aromatic heterocycles. The third kappa shape index (κ3) is 5.54. The Kier molecular flexibility index (Phi) is 8.25. The van der Waals surface area contributed by atoms with Crippen LogP contribution in [-0.2, 0) is 4.79 Å². The fraction of sp³-hybridized carbons (Fsp3) is 0.207. The lowest BCUT2D eigenvalue weighted by Crippen LogP contribution is -2.32. The van der Waals surface area contributed by atoms with Crippen molar-refractivity contribution in [3.63, 3.8) is 0 Å². The van der Waals surface area contributed by atoms with Crippen LogP contribution in [0.1, 0.15) is 17.3 Å². The summed E-state index contributed by atoms with van der Waals surface area (Å²) in [5.41, 5.74) is 7.07. The highest BCUT2D eigenvalue weighted by Gasteiger charge is 2.21. The number of carbonyl (C=O) groups is 2. The van der Waals surface area contributed by atoms with Crippen molar-refractivity contribution in [1.29, 1.82) is 0 Å². The number of nitrogens with two attached hydrogens (primary N) is 1. The molecule has 0 spiro atoms. The van der Waals surface area contributed by atoms with Gasteiger partial charge in [0.15, 0.2) is 16.9 Å². The molecular formula is C29H29N3O8. The highest BCUT2D eigenvalue weighted by molar-refractivity contribution is 6.07. The Morgan fingerprint density at radius 3 is 2.17 bits per heavy atom. The molecule has 4 N–H and O–H groups in total. The van der Waals surface area contributed by atoms with Crippen molar-refractivity contribution < 1.29 is 33.0 Å². The van der Waals surface area contributed by atoms with Crippen LogP contribution in [0, 0.1) is 0 Å². The number of rotatable bonds is 9. The molecule has 0 unspecified atom stereocenters. The van der Waals surface area contributed by atoms with E-state index in [1.807, 2.05) is 0 Å². The first-order valence-electron chi connectivity index (χ1n) is 12.1. The number of nitrogens with one attached hydrogen (secondary N) is 2. The van der Waals surface area contributed by atoms with Gasteiger partial charge >= 0.3 is 0 Å². The van der Waals surface area contributed by atoms with Gasteiger partial charge in [-0.05, 0) is 37.3 Å². The van der Waals surface area contributed by atoms with Crippen molar-refractivity contribution in [2.45, 2.75) is 13.0 Å². The van der Waals surface area contributed by atoms with Gasteiger partial charge in [0.2, 0.25) is 11.7 Å². The zero-order chi connectivity index (χ0) is 29.0. The Balaban J connectivity index is 1.69. The van der Waals surface area contributed by atoms with Gasteiger partial charge in [-0.15, -0.1) is 0 Å². The normalized spacial score (nSPS) is 11.4. The molecule has 11 heteroatoms. The number of amides is 2. The number of fused-ring (bicyclic) bond motifs is 1. The van der Waals surface area contributed by atoms with E-state index >= 15 is 0 Å². The van der Waals surface area contributed by atoms with Crippen molar-refractivity contribution in [2.24, 2.45) is 5.73 Å². The first-order chi connectivity index (χ1) is 19.2. The minimum absolute atomic E-state index is 0.195. The minimum atomic E-state index is -0.721. The predicted molar refractivity (Wildman–Crippen MR) is 151 cm³/mol. The number of ether oxygens (including phenoxy) is 4. The Hall–Kier alpha value is -5.03. The molecule has 0 radical (unpaired) electrons. The second kappa shape index (κ2) is 11.8. The van der Waals surface area contributed by atoms with E-state index in [1.54, 1.807) is 49.4 Å². The first-order valence-corrected chi connectivity index (χ1v) is 12.1. The van der Waals surface area contributed by atoms with E-state index in [1.165, 1.54) is 40.6 Å². The number of methoxy groups -OCH3 is 4. The molecule has 2 amide bonds. The second-order valence-electron chi connectivity index (χ2n) is 8.72. The van der Waals surface area contributed by atoms with E-state index in [0.717, 1.165) is 0 Å². The van der Waals surface area contributed by atoms with Crippen LogP contribution in [-0.4, -0.2) is 46.3 Å². The summed E-state index contributed by atoms with van der Waals surface area (Å²) >= 11 is 0. The van der Waals surface area contributed by atoms with Gasteiger partial charge in [0.25, 0.3) is 5.91 Å². The van der Waals surface area contributed by atoms with Crippen LogP contribution in [0.15, 0.2) is 63.8 Å². The van der Waals surface area contributed by atoms with Crippen LogP contribution in [0.25, 0.3) is 22.3 Å². The predicted octanol–water partition coefficient (Wildman–Crippen LogP) is 4.03. The number of carbonyl (C=O) groups excluding carboxylic acids is 2. The number of hydrogen-bond acceptors (Lipinski definition) is 9. The molecule has 0 fully saturated rings. The summed E-state index contributed by atoms with van der Waals surface area (Å²) in [5, 5.41) is 5.68. The lowest BCUT2D eigenvalue weighted by Gasteiger charge is -2.15. The van der Waals surface area contributed by atoms with Gasteiger partial charge in [-0.25, -0.2) is 0 Å². The van der Waals surface area contributed by atoms with Crippen LogP contribution in [0.2, 0.25) is 0 Å². The summed E-state index contributed by atoms with van der Waals surface area (Å²) in [5.74, 6) is 0.515. The minimum Gasteiger partial charge on any atom is -0.496 e. The van der Waals surface area contributed by atoms with Crippen LogP contribution in [0.4, 0.5) is 11.4 Å². The van der Waals surface area contributed by atoms with Crippen LogP contribution in [0.3, 0.4) is 0 Å². The number of hydrogen-bond donors (Lipinski definition) is 3. The smallest absolute Gasteiger partial charge is 0.259 e. The Morgan fingerprint density at radius 1 is 0.825 bits per heavy atom. The molecule has 1 atom stereocenters. The van der Waals surface area contributed by atoms with Crippen molar-refractivity contribution >= 4 is 34.2 Å². The van der Waals surface area contributed by atoms with E-state index in [2.05, 4.69) is 10.6 Å². The van der Waals surface area contributed by atoms with Gasteiger partial charge in [0, 0.05) is 29.1 Å². The molecule has 40 heavy (non-hydrogen) atoms. The van der Waals surface area contributed by atoms with Gasteiger partial charge in [-0.2, -0.15) is 0 Å². The van der Waals surface area contributed by atoms with Crippen molar-refractivity contribution in [3.05, 3.63) is 70.4 Å². The molecule has 0 aliphatic rings. The maximum Gasteiger partial charge on any atom is 0.259 e. The van der Waals surface area contributed by atoms with Crippen LogP contribution >= 0.6 is 0 Å². The monoisotopic (exact) mass is 547 g/mol. The molecule has 3 aromatic carbocycles. The zero-order valence-electron chi connectivity index (χ0n) is 22.6. The van der Waals surface area contributed by atoms with Crippen molar-refractivity contribution in [3.8, 4) is 34.3 Å². The quantitative estimate of drug-likeness (QED) is 0.282. The molecule has 1 heterocycles. The average Bonchev–Trinajstić information content (AvgIpc) is 2.95. The van der Waals surface area contributed by atoms with Gasteiger partial charge in [0.1, 0.15) is 22.5 Å². The average molecular weight is 548 g/mol. The van der Waals surface area contributed by atoms with E-state index in [0.29, 0.717) is 28.4 Å². The third-order valence-electron chi connectivity index (χ3n) is 6.05. The lowest BCUT2D eigenvalue weighted by atomic mass is 10.1. The number of anilines is 2. The summed E-state index contributed by atoms with van der Waals surface area (Å²) in [7, 11) is 5.78.